The quantitative estimate of drug-likeness (QED) is 0.715. The zero-order valence-corrected chi connectivity index (χ0v) is 16.7. The van der Waals surface area contributed by atoms with Crippen molar-refractivity contribution in [1.29, 1.82) is 0 Å². The van der Waals surface area contributed by atoms with Gasteiger partial charge in [-0.05, 0) is 60.7 Å². The summed E-state index contributed by atoms with van der Waals surface area (Å²) in [5.41, 5.74) is 1.83. The van der Waals surface area contributed by atoms with Gasteiger partial charge in [0.05, 0.1) is 11.2 Å². The number of hydrogen-bond acceptors (Lipinski definition) is 4. The summed E-state index contributed by atoms with van der Waals surface area (Å²) in [4.78, 5) is 0.184. The highest BCUT2D eigenvalue weighted by Crippen LogP contribution is 2.20. The van der Waals surface area contributed by atoms with Crippen LogP contribution in [0.15, 0.2) is 53.4 Å². The Hall–Kier alpha value is -2.06. The van der Waals surface area contributed by atoms with Crippen molar-refractivity contribution >= 4 is 31.4 Å². The lowest BCUT2D eigenvalue weighted by Gasteiger charge is -2.10. The number of rotatable bonds is 8. The summed E-state index contributed by atoms with van der Waals surface area (Å²) in [5.74, 6) is 0.597. The number of nitrogens with one attached hydrogen (secondary N) is 2. The van der Waals surface area contributed by atoms with E-state index in [2.05, 4.69) is 23.3 Å². The Kier molecular flexibility index (Phi) is 6.30. The summed E-state index contributed by atoms with van der Waals surface area (Å²) in [7, 11) is -7.07. The molecule has 2 aromatic carbocycles. The van der Waals surface area contributed by atoms with Gasteiger partial charge in [-0.15, -0.1) is 0 Å². The molecule has 0 aliphatic heterocycles. The molecule has 0 saturated heterocycles. The second-order valence-electron chi connectivity index (χ2n) is 6.63. The van der Waals surface area contributed by atoms with Crippen molar-refractivity contribution in [3.05, 3.63) is 54.1 Å². The van der Waals surface area contributed by atoms with Crippen LogP contribution in [0.4, 0.5) is 11.4 Å². The van der Waals surface area contributed by atoms with E-state index < -0.39 is 20.0 Å². The van der Waals surface area contributed by atoms with Crippen molar-refractivity contribution in [3.63, 3.8) is 0 Å². The zero-order valence-electron chi connectivity index (χ0n) is 15.1. The summed E-state index contributed by atoms with van der Waals surface area (Å²) in [6, 6.07) is 12.8. The van der Waals surface area contributed by atoms with E-state index in [-0.39, 0.29) is 4.90 Å². The van der Waals surface area contributed by atoms with E-state index in [4.69, 9.17) is 0 Å². The van der Waals surface area contributed by atoms with Gasteiger partial charge in [-0.1, -0.05) is 26.0 Å². The van der Waals surface area contributed by atoms with Gasteiger partial charge in [0.1, 0.15) is 0 Å². The first-order chi connectivity index (χ1) is 12.0. The fourth-order valence-corrected chi connectivity index (χ4v) is 3.95. The topological polar surface area (TPSA) is 92.3 Å². The standard InChI is InChI=1S/C18H24N2O4S2/c1-14(2)4-5-15-6-12-18(13-7-15)26(23,24)20-17-10-8-16(9-11-17)19-25(3,21)22/h6-14,19-20H,4-5H2,1-3H3. The SMILES string of the molecule is CC(C)CCc1ccc(S(=O)(=O)Nc2ccc(NS(C)(=O)=O)cc2)cc1. The highest BCUT2D eigenvalue weighted by molar-refractivity contribution is 7.92. The second-order valence-corrected chi connectivity index (χ2v) is 10.1. The lowest BCUT2D eigenvalue weighted by atomic mass is 10.0. The summed E-state index contributed by atoms with van der Waals surface area (Å²) in [6.07, 6.45) is 3.02. The van der Waals surface area contributed by atoms with Crippen molar-refractivity contribution < 1.29 is 16.8 Å². The Labute approximate surface area is 155 Å². The Bertz CT molecular complexity index is 934. The summed E-state index contributed by atoms with van der Waals surface area (Å²) < 4.78 is 52.1. The van der Waals surface area contributed by atoms with Crippen molar-refractivity contribution in [2.24, 2.45) is 5.92 Å². The summed E-state index contributed by atoms with van der Waals surface area (Å²) in [6.45, 7) is 4.30. The average molecular weight is 397 g/mol. The minimum atomic E-state index is -3.70. The molecule has 2 aromatic rings. The van der Waals surface area contributed by atoms with Gasteiger partial charge >= 0.3 is 0 Å². The normalized spacial score (nSPS) is 12.2. The molecule has 0 aromatic heterocycles. The Morgan fingerprint density at radius 1 is 0.808 bits per heavy atom. The van der Waals surface area contributed by atoms with Crippen LogP contribution in [-0.2, 0) is 26.5 Å². The van der Waals surface area contributed by atoms with Crippen LogP contribution in [0.25, 0.3) is 0 Å². The van der Waals surface area contributed by atoms with E-state index >= 15 is 0 Å². The van der Waals surface area contributed by atoms with Gasteiger partial charge in [-0.2, -0.15) is 0 Å². The maximum absolute atomic E-state index is 12.5. The molecule has 0 unspecified atom stereocenters. The van der Waals surface area contributed by atoms with Crippen LogP contribution in [0, 0.1) is 5.92 Å². The van der Waals surface area contributed by atoms with E-state index in [1.54, 1.807) is 12.1 Å². The second kappa shape index (κ2) is 8.09. The monoisotopic (exact) mass is 396 g/mol. The molecule has 0 spiro atoms. The molecule has 142 valence electrons. The minimum absolute atomic E-state index is 0.184. The molecule has 26 heavy (non-hydrogen) atoms. The molecular formula is C18H24N2O4S2. The summed E-state index contributed by atoms with van der Waals surface area (Å²) in [5, 5.41) is 0. The van der Waals surface area contributed by atoms with Gasteiger partial charge in [0, 0.05) is 11.4 Å². The van der Waals surface area contributed by atoms with Gasteiger partial charge in [-0.25, -0.2) is 16.8 Å². The zero-order chi connectivity index (χ0) is 19.4. The van der Waals surface area contributed by atoms with Crippen LogP contribution < -0.4 is 9.44 Å². The van der Waals surface area contributed by atoms with Gasteiger partial charge in [0.2, 0.25) is 10.0 Å². The van der Waals surface area contributed by atoms with E-state index in [0.717, 1.165) is 24.7 Å². The van der Waals surface area contributed by atoms with Crippen LogP contribution in [-0.4, -0.2) is 23.1 Å². The molecule has 0 aliphatic carbocycles. The van der Waals surface area contributed by atoms with Gasteiger partial charge in [0.15, 0.2) is 0 Å². The number of anilines is 2. The number of aryl methyl sites for hydroxylation is 1. The minimum Gasteiger partial charge on any atom is -0.284 e. The smallest absolute Gasteiger partial charge is 0.261 e. The molecule has 0 aliphatic rings. The molecule has 2 rings (SSSR count). The van der Waals surface area contributed by atoms with Crippen LogP contribution in [0.2, 0.25) is 0 Å². The predicted octanol–water partition coefficient (Wildman–Crippen LogP) is 3.45. The van der Waals surface area contributed by atoms with Gasteiger partial charge in [0.25, 0.3) is 10.0 Å². The number of benzene rings is 2. The van der Waals surface area contributed by atoms with E-state index in [1.165, 1.54) is 24.3 Å². The average Bonchev–Trinajstić information content (AvgIpc) is 2.53. The molecule has 0 radical (unpaired) electrons. The maximum atomic E-state index is 12.5. The van der Waals surface area contributed by atoms with E-state index in [0.29, 0.717) is 17.3 Å². The molecular weight excluding hydrogens is 372 g/mol. The third-order valence-electron chi connectivity index (χ3n) is 3.68. The fourth-order valence-electron chi connectivity index (χ4n) is 2.33. The van der Waals surface area contributed by atoms with Crippen LogP contribution >= 0.6 is 0 Å². The third-order valence-corrected chi connectivity index (χ3v) is 5.69. The molecule has 0 atom stereocenters. The van der Waals surface area contributed by atoms with E-state index in [9.17, 15) is 16.8 Å². The van der Waals surface area contributed by atoms with Gasteiger partial charge in [-0.3, -0.25) is 9.44 Å². The predicted molar refractivity (Wildman–Crippen MR) is 105 cm³/mol. The maximum Gasteiger partial charge on any atom is 0.261 e. The molecule has 0 fully saturated rings. The Morgan fingerprint density at radius 2 is 1.31 bits per heavy atom. The first-order valence-electron chi connectivity index (χ1n) is 8.25. The van der Waals surface area contributed by atoms with Crippen LogP contribution in [0.3, 0.4) is 0 Å². The van der Waals surface area contributed by atoms with E-state index in [1.807, 2.05) is 12.1 Å². The highest BCUT2D eigenvalue weighted by atomic mass is 32.2. The van der Waals surface area contributed by atoms with Crippen molar-refractivity contribution in [2.75, 3.05) is 15.7 Å². The highest BCUT2D eigenvalue weighted by Gasteiger charge is 2.14. The lowest BCUT2D eigenvalue weighted by molar-refractivity contribution is 0.586. The Morgan fingerprint density at radius 3 is 1.77 bits per heavy atom. The Balaban J connectivity index is 2.08. The molecule has 6 nitrogen and oxygen atoms in total. The lowest BCUT2D eigenvalue weighted by Crippen LogP contribution is -2.13. The largest absolute Gasteiger partial charge is 0.284 e. The first kappa shape index (κ1) is 20.3. The molecule has 0 bridgehead atoms. The molecule has 0 heterocycles. The van der Waals surface area contributed by atoms with Crippen LogP contribution in [0.5, 0.6) is 0 Å². The van der Waals surface area contributed by atoms with Crippen molar-refractivity contribution in [1.82, 2.24) is 0 Å². The summed E-state index contributed by atoms with van der Waals surface area (Å²) >= 11 is 0. The first-order valence-corrected chi connectivity index (χ1v) is 11.6. The fraction of sp³-hybridized carbons (Fsp3) is 0.333. The van der Waals surface area contributed by atoms with Crippen molar-refractivity contribution in [3.8, 4) is 0 Å². The van der Waals surface area contributed by atoms with Crippen molar-refractivity contribution in [2.45, 2.75) is 31.6 Å². The molecule has 8 heteroatoms. The number of sulfonamides is 2. The third kappa shape index (κ3) is 6.34. The van der Waals surface area contributed by atoms with Crippen LogP contribution in [0.1, 0.15) is 25.8 Å². The molecule has 2 N–H and O–H groups in total. The molecule has 0 amide bonds. The molecule has 0 saturated carbocycles. The van der Waals surface area contributed by atoms with Gasteiger partial charge < -0.3 is 0 Å². The number of hydrogen-bond donors (Lipinski definition) is 2.